The summed E-state index contributed by atoms with van der Waals surface area (Å²) in [5.41, 5.74) is 3.70. The van der Waals surface area contributed by atoms with Crippen molar-refractivity contribution in [3.05, 3.63) is 58.9 Å². The van der Waals surface area contributed by atoms with Gasteiger partial charge in [-0.2, -0.15) is 5.10 Å². The van der Waals surface area contributed by atoms with Crippen molar-refractivity contribution in [2.75, 3.05) is 6.54 Å². The van der Waals surface area contributed by atoms with Crippen molar-refractivity contribution in [1.29, 1.82) is 0 Å². The highest BCUT2D eigenvalue weighted by molar-refractivity contribution is 6.46. The monoisotopic (exact) mass is 460 g/mol. The summed E-state index contributed by atoms with van der Waals surface area (Å²) in [6.45, 7) is 9.99. The Labute approximate surface area is 201 Å². The first-order valence-electron chi connectivity index (χ1n) is 12.2. The molecule has 7 nitrogen and oxygen atoms in total. The standard InChI is InChI=1S/C26H33BN4O3/c1-16-19-9-7-6-8-17(19)12-13-30(16)24(32)20-14-21(18-10-11-18)31-23(28-20)15-22(29-31)27-34-26(4,5)25(2,3)33/h6-9,14-16,18,27,33H,10-13H2,1-5H3/t16-/m1/s1. The van der Waals surface area contributed by atoms with Gasteiger partial charge in [0.1, 0.15) is 5.69 Å². The second-order valence-corrected chi connectivity index (χ2v) is 10.7. The molecule has 3 aromatic rings. The quantitative estimate of drug-likeness (QED) is 0.573. The number of carbonyl (C=O) groups is 1. The van der Waals surface area contributed by atoms with Crippen LogP contribution in [0.15, 0.2) is 36.4 Å². The fourth-order valence-electron chi connectivity index (χ4n) is 4.52. The predicted octanol–water partition coefficient (Wildman–Crippen LogP) is 2.91. The van der Waals surface area contributed by atoms with Crippen molar-refractivity contribution >= 4 is 24.6 Å². The van der Waals surface area contributed by atoms with Crippen LogP contribution in [0.2, 0.25) is 0 Å². The zero-order valence-electron chi connectivity index (χ0n) is 20.7. The summed E-state index contributed by atoms with van der Waals surface area (Å²) in [6.07, 6.45) is 3.05. The van der Waals surface area contributed by atoms with Gasteiger partial charge in [-0.3, -0.25) is 4.79 Å². The van der Waals surface area contributed by atoms with Crippen LogP contribution in [-0.4, -0.2) is 55.7 Å². The maximum absolute atomic E-state index is 13.6. The average molecular weight is 460 g/mol. The molecular weight excluding hydrogens is 427 g/mol. The Balaban J connectivity index is 1.44. The van der Waals surface area contributed by atoms with Crippen LogP contribution >= 0.6 is 0 Å². The molecule has 0 unspecified atom stereocenters. The van der Waals surface area contributed by atoms with E-state index >= 15 is 0 Å². The van der Waals surface area contributed by atoms with Gasteiger partial charge in [-0.1, -0.05) is 24.3 Å². The van der Waals surface area contributed by atoms with Crippen LogP contribution in [0.5, 0.6) is 0 Å². The van der Waals surface area contributed by atoms with E-state index < -0.39 is 11.2 Å². The number of hydrogen-bond donors (Lipinski definition) is 1. The molecule has 8 heteroatoms. The van der Waals surface area contributed by atoms with Crippen LogP contribution < -0.4 is 5.59 Å². The van der Waals surface area contributed by atoms with Gasteiger partial charge in [-0.05, 0) is 77.1 Å². The van der Waals surface area contributed by atoms with Crippen LogP contribution in [0, 0.1) is 0 Å². The van der Waals surface area contributed by atoms with Gasteiger partial charge < -0.3 is 14.7 Å². The first kappa shape index (κ1) is 23.1. The lowest BCUT2D eigenvalue weighted by atomic mass is 9.85. The molecule has 34 heavy (non-hydrogen) atoms. The summed E-state index contributed by atoms with van der Waals surface area (Å²) in [6, 6.07) is 12.2. The van der Waals surface area contributed by atoms with E-state index in [4.69, 9.17) is 14.7 Å². The van der Waals surface area contributed by atoms with E-state index in [2.05, 4.69) is 25.1 Å². The second kappa shape index (κ2) is 8.20. The number of benzene rings is 1. The molecule has 2 aliphatic rings. The van der Waals surface area contributed by atoms with E-state index in [0.29, 0.717) is 23.8 Å². The first-order valence-corrected chi connectivity index (χ1v) is 12.2. The normalized spacial score (nSPS) is 18.8. The van der Waals surface area contributed by atoms with Gasteiger partial charge in [0, 0.05) is 18.2 Å². The number of rotatable bonds is 6. The minimum absolute atomic E-state index is 0.0118. The molecule has 1 saturated carbocycles. The van der Waals surface area contributed by atoms with Gasteiger partial charge in [0.2, 0.25) is 0 Å². The van der Waals surface area contributed by atoms with E-state index in [1.54, 1.807) is 13.8 Å². The molecule has 3 heterocycles. The Hall–Kier alpha value is -2.71. The summed E-state index contributed by atoms with van der Waals surface area (Å²) in [5.74, 6) is 0.367. The SMILES string of the molecule is C[C@@H]1c2ccccc2CCN1C(=O)c1cc(C2CC2)n2nc(BOC(C)(C)C(C)(C)O)cc2n1. The van der Waals surface area contributed by atoms with Gasteiger partial charge in [-0.15, -0.1) is 0 Å². The molecule has 1 aliphatic heterocycles. The molecule has 2 aromatic heterocycles. The first-order chi connectivity index (χ1) is 16.0. The van der Waals surface area contributed by atoms with Crippen molar-refractivity contribution in [3.8, 4) is 0 Å². The molecule has 0 bridgehead atoms. The van der Waals surface area contributed by atoms with Crippen molar-refractivity contribution < 1.29 is 14.6 Å². The number of nitrogens with zero attached hydrogens (tertiary/aromatic N) is 4. The minimum atomic E-state index is -0.993. The predicted molar refractivity (Wildman–Crippen MR) is 133 cm³/mol. The maximum Gasteiger partial charge on any atom is 0.331 e. The van der Waals surface area contributed by atoms with Gasteiger partial charge in [0.05, 0.1) is 22.8 Å². The zero-order chi connectivity index (χ0) is 24.3. The highest BCUT2D eigenvalue weighted by Crippen LogP contribution is 2.40. The Morgan fingerprint density at radius 1 is 1.18 bits per heavy atom. The summed E-state index contributed by atoms with van der Waals surface area (Å²) >= 11 is 0. The zero-order valence-corrected chi connectivity index (χ0v) is 20.7. The number of fused-ring (bicyclic) bond motifs is 2. The summed E-state index contributed by atoms with van der Waals surface area (Å²) in [5, 5.41) is 15.1. The fraction of sp³-hybridized carbons (Fsp3) is 0.500. The number of aliphatic hydroxyl groups is 1. The number of carbonyl (C=O) groups excluding carboxylic acids is 1. The third-order valence-corrected chi connectivity index (χ3v) is 7.63. The van der Waals surface area contributed by atoms with E-state index in [1.807, 2.05) is 41.5 Å². The van der Waals surface area contributed by atoms with Crippen molar-refractivity contribution in [2.24, 2.45) is 0 Å². The molecular formula is C26H33BN4O3. The molecule has 1 aliphatic carbocycles. The lowest BCUT2D eigenvalue weighted by Crippen LogP contribution is -2.49. The molecule has 0 spiro atoms. The molecule has 5 rings (SSSR count). The smallest absolute Gasteiger partial charge is 0.331 e. The van der Waals surface area contributed by atoms with Gasteiger partial charge in [0.15, 0.2) is 5.65 Å². The second-order valence-electron chi connectivity index (χ2n) is 10.7. The van der Waals surface area contributed by atoms with Crippen molar-refractivity contribution in [2.45, 2.75) is 77.0 Å². The van der Waals surface area contributed by atoms with Crippen LogP contribution in [0.1, 0.15) is 86.7 Å². The molecule has 1 N–H and O–H groups in total. The van der Waals surface area contributed by atoms with E-state index in [-0.39, 0.29) is 19.4 Å². The summed E-state index contributed by atoms with van der Waals surface area (Å²) < 4.78 is 7.88. The van der Waals surface area contributed by atoms with Gasteiger partial charge in [-0.25, -0.2) is 9.50 Å². The topological polar surface area (TPSA) is 80.0 Å². The van der Waals surface area contributed by atoms with Crippen molar-refractivity contribution in [3.63, 3.8) is 0 Å². The maximum atomic E-state index is 13.6. The largest absolute Gasteiger partial charge is 0.425 e. The third kappa shape index (κ3) is 4.14. The number of hydrogen-bond acceptors (Lipinski definition) is 5. The molecule has 178 valence electrons. The Morgan fingerprint density at radius 2 is 1.91 bits per heavy atom. The average Bonchev–Trinajstić information content (AvgIpc) is 3.55. The lowest BCUT2D eigenvalue weighted by molar-refractivity contribution is -0.0893. The van der Waals surface area contributed by atoms with Crippen LogP contribution in [0.4, 0.5) is 0 Å². The van der Waals surface area contributed by atoms with E-state index in [9.17, 15) is 9.90 Å². The van der Waals surface area contributed by atoms with Crippen LogP contribution in [0.25, 0.3) is 5.65 Å². The fourth-order valence-corrected chi connectivity index (χ4v) is 4.52. The number of amides is 1. The molecule has 0 saturated heterocycles. The highest BCUT2D eigenvalue weighted by Gasteiger charge is 2.36. The summed E-state index contributed by atoms with van der Waals surface area (Å²) in [4.78, 5) is 20.3. The van der Waals surface area contributed by atoms with E-state index in [1.165, 1.54) is 11.1 Å². The Kier molecular flexibility index (Phi) is 5.56. The van der Waals surface area contributed by atoms with Gasteiger partial charge >= 0.3 is 7.48 Å². The van der Waals surface area contributed by atoms with Gasteiger partial charge in [0.25, 0.3) is 5.91 Å². The summed E-state index contributed by atoms with van der Waals surface area (Å²) in [7, 11) is 0.258. The molecule has 1 atom stereocenters. The molecule has 0 radical (unpaired) electrons. The third-order valence-electron chi connectivity index (χ3n) is 7.63. The number of aromatic nitrogens is 3. The minimum Gasteiger partial charge on any atom is -0.425 e. The van der Waals surface area contributed by atoms with Crippen molar-refractivity contribution in [1.82, 2.24) is 19.5 Å². The highest BCUT2D eigenvalue weighted by atomic mass is 16.5. The Morgan fingerprint density at radius 3 is 2.62 bits per heavy atom. The Bertz CT molecular complexity index is 1240. The van der Waals surface area contributed by atoms with Crippen LogP contribution in [0.3, 0.4) is 0 Å². The molecule has 1 fully saturated rings. The molecule has 1 amide bonds. The molecule has 1 aromatic carbocycles. The van der Waals surface area contributed by atoms with Crippen LogP contribution in [-0.2, 0) is 11.1 Å². The van der Waals surface area contributed by atoms with E-state index in [0.717, 1.165) is 30.5 Å². The lowest BCUT2D eigenvalue weighted by Gasteiger charge is -2.37.